The standard InChI is InChI=1S/C13H25N3O2/c1-11(2)13(9-18-4)16-10-15-8-12(16)7-14-5-6-17-3/h8,10-11,13-14H,5-7,9H2,1-4H3. The fraction of sp³-hybridized carbons (Fsp3) is 0.769. The Hall–Kier alpha value is -0.910. The molecule has 0 amide bonds. The van der Waals surface area contributed by atoms with E-state index in [9.17, 15) is 0 Å². The molecule has 0 radical (unpaired) electrons. The molecule has 1 N–H and O–H groups in total. The Labute approximate surface area is 109 Å². The molecule has 0 aliphatic carbocycles. The predicted molar refractivity (Wildman–Crippen MR) is 71.6 cm³/mol. The molecule has 0 saturated heterocycles. The summed E-state index contributed by atoms with van der Waals surface area (Å²) in [7, 11) is 3.45. The molecular weight excluding hydrogens is 230 g/mol. The van der Waals surface area contributed by atoms with Gasteiger partial charge in [0.25, 0.3) is 0 Å². The minimum absolute atomic E-state index is 0.330. The van der Waals surface area contributed by atoms with Crippen LogP contribution < -0.4 is 5.32 Å². The van der Waals surface area contributed by atoms with Crippen molar-refractivity contribution in [1.82, 2.24) is 14.9 Å². The Balaban J connectivity index is 2.61. The Morgan fingerprint density at radius 1 is 1.33 bits per heavy atom. The lowest BCUT2D eigenvalue weighted by molar-refractivity contribution is 0.131. The van der Waals surface area contributed by atoms with Crippen molar-refractivity contribution in [2.75, 3.05) is 34.0 Å². The van der Waals surface area contributed by atoms with Crippen LogP contribution in [0.2, 0.25) is 0 Å². The van der Waals surface area contributed by atoms with E-state index in [1.165, 1.54) is 5.69 Å². The summed E-state index contributed by atoms with van der Waals surface area (Å²) in [4.78, 5) is 4.24. The third-order valence-corrected chi connectivity index (χ3v) is 3.00. The van der Waals surface area contributed by atoms with Gasteiger partial charge in [-0.3, -0.25) is 0 Å². The van der Waals surface area contributed by atoms with Crippen LogP contribution in [0.3, 0.4) is 0 Å². The van der Waals surface area contributed by atoms with E-state index >= 15 is 0 Å². The Morgan fingerprint density at radius 3 is 2.72 bits per heavy atom. The third-order valence-electron chi connectivity index (χ3n) is 3.00. The Morgan fingerprint density at radius 2 is 2.11 bits per heavy atom. The van der Waals surface area contributed by atoms with Crippen molar-refractivity contribution in [2.45, 2.75) is 26.4 Å². The number of nitrogens with one attached hydrogen (secondary N) is 1. The minimum Gasteiger partial charge on any atom is -0.383 e. The second-order valence-corrected chi connectivity index (χ2v) is 4.73. The SMILES string of the molecule is COCCNCc1cncn1C(COC)C(C)C. The van der Waals surface area contributed by atoms with Gasteiger partial charge in [0.15, 0.2) is 0 Å². The van der Waals surface area contributed by atoms with E-state index in [2.05, 4.69) is 28.7 Å². The number of hydrogen-bond acceptors (Lipinski definition) is 4. The molecule has 18 heavy (non-hydrogen) atoms. The van der Waals surface area contributed by atoms with Gasteiger partial charge in [-0.1, -0.05) is 13.8 Å². The van der Waals surface area contributed by atoms with Crippen molar-refractivity contribution in [2.24, 2.45) is 5.92 Å². The van der Waals surface area contributed by atoms with Crippen molar-refractivity contribution in [3.05, 3.63) is 18.2 Å². The smallest absolute Gasteiger partial charge is 0.0952 e. The van der Waals surface area contributed by atoms with Gasteiger partial charge in [0.2, 0.25) is 0 Å². The third kappa shape index (κ3) is 4.40. The first kappa shape index (κ1) is 15.1. The van der Waals surface area contributed by atoms with Crippen molar-refractivity contribution >= 4 is 0 Å². The van der Waals surface area contributed by atoms with E-state index in [0.717, 1.165) is 19.7 Å². The van der Waals surface area contributed by atoms with Gasteiger partial charge < -0.3 is 19.4 Å². The first-order valence-corrected chi connectivity index (χ1v) is 6.40. The fourth-order valence-electron chi connectivity index (χ4n) is 1.92. The lowest BCUT2D eigenvalue weighted by atomic mass is 10.1. The Kier molecular flexibility index (Phi) is 6.93. The molecule has 1 rings (SSSR count). The van der Waals surface area contributed by atoms with Crippen LogP contribution in [0.15, 0.2) is 12.5 Å². The van der Waals surface area contributed by atoms with Gasteiger partial charge in [-0.15, -0.1) is 0 Å². The van der Waals surface area contributed by atoms with Gasteiger partial charge in [0.1, 0.15) is 0 Å². The first-order valence-electron chi connectivity index (χ1n) is 6.40. The molecule has 0 aliphatic heterocycles. The number of imidazole rings is 1. The zero-order chi connectivity index (χ0) is 13.4. The van der Waals surface area contributed by atoms with Crippen molar-refractivity contribution in [3.8, 4) is 0 Å². The maximum Gasteiger partial charge on any atom is 0.0952 e. The molecule has 1 heterocycles. The number of hydrogen-bond donors (Lipinski definition) is 1. The highest BCUT2D eigenvalue weighted by atomic mass is 16.5. The van der Waals surface area contributed by atoms with E-state index in [1.54, 1.807) is 14.2 Å². The van der Waals surface area contributed by atoms with Gasteiger partial charge in [-0.25, -0.2) is 4.98 Å². The molecule has 104 valence electrons. The number of ether oxygens (including phenoxy) is 2. The van der Waals surface area contributed by atoms with E-state index in [4.69, 9.17) is 9.47 Å². The van der Waals surface area contributed by atoms with E-state index < -0.39 is 0 Å². The maximum absolute atomic E-state index is 5.30. The van der Waals surface area contributed by atoms with Crippen LogP contribution in [-0.2, 0) is 16.0 Å². The zero-order valence-corrected chi connectivity index (χ0v) is 11.8. The highest BCUT2D eigenvalue weighted by Gasteiger charge is 2.17. The highest BCUT2D eigenvalue weighted by molar-refractivity contribution is 5.00. The summed E-state index contributed by atoms with van der Waals surface area (Å²) in [5.41, 5.74) is 1.18. The van der Waals surface area contributed by atoms with Gasteiger partial charge in [-0.05, 0) is 5.92 Å². The summed E-state index contributed by atoms with van der Waals surface area (Å²) in [5.74, 6) is 0.511. The van der Waals surface area contributed by atoms with Gasteiger partial charge in [0, 0.05) is 33.5 Å². The molecule has 0 aliphatic rings. The van der Waals surface area contributed by atoms with E-state index in [-0.39, 0.29) is 0 Å². The molecule has 0 saturated carbocycles. The molecule has 1 aromatic heterocycles. The molecule has 1 aromatic rings. The van der Waals surface area contributed by atoms with E-state index in [0.29, 0.717) is 18.6 Å². The number of methoxy groups -OCH3 is 2. The second-order valence-electron chi connectivity index (χ2n) is 4.73. The largest absolute Gasteiger partial charge is 0.383 e. The summed E-state index contributed by atoms with van der Waals surface area (Å²) in [6, 6.07) is 0.330. The topological polar surface area (TPSA) is 48.3 Å². The monoisotopic (exact) mass is 255 g/mol. The van der Waals surface area contributed by atoms with Crippen molar-refractivity contribution in [3.63, 3.8) is 0 Å². The normalized spacial score (nSPS) is 13.2. The molecule has 0 fully saturated rings. The summed E-state index contributed by atoms with van der Waals surface area (Å²) in [5, 5.41) is 3.34. The van der Waals surface area contributed by atoms with Gasteiger partial charge in [0.05, 0.1) is 31.3 Å². The van der Waals surface area contributed by atoms with Crippen LogP contribution in [-0.4, -0.2) is 43.5 Å². The number of aromatic nitrogens is 2. The molecule has 0 bridgehead atoms. The first-order chi connectivity index (χ1) is 8.70. The molecule has 0 aromatic carbocycles. The molecule has 5 nitrogen and oxygen atoms in total. The fourth-order valence-corrected chi connectivity index (χ4v) is 1.92. The second kappa shape index (κ2) is 8.24. The molecule has 5 heteroatoms. The van der Waals surface area contributed by atoms with Crippen LogP contribution in [0.1, 0.15) is 25.6 Å². The van der Waals surface area contributed by atoms with E-state index in [1.807, 2.05) is 12.5 Å². The van der Waals surface area contributed by atoms with Crippen LogP contribution in [0.5, 0.6) is 0 Å². The lowest BCUT2D eigenvalue weighted by Crippen LogP contribution is -2.25. The summed E-state index contributed by atoms with van der Waals surface area (Å²) < 4.78 is 12.5. The van der Waals surface area contributed by atoms with Crippen LogP contribution in [0, 0.1) is 5.92 Å². The molecule has 0 spiro atoms. The molecule has 1 unspecified atom stereocenters. The average Bonchev–Trinajstić information content (AvgIpc) is 2.79. The van der Waals surface area contributed by atoms with Gasteiger partial charge >= 0.3 is 0 Å². The minimum atomic E-state index is 0.330. The summed E-state index contributed by atoms with van der Waals surface area (Å²) >= 11 is 0. The maximum atomic E-state index is 5.30. The predicted octanol–water partition coefficient (Wildman–Crippen LogP) is 1.46. The Bertz CT molecular complexity index is 326. The lowest BCUT2D eigenvalue weighted by Gasteiger charge is -2.24. The zero-order valence-electron chi connectivity index (χ0n) is 11.8. The highest BCUT2D eigenvalue weighted by Crippen LogP contribution is 2.19. The van der Waals surface area contributed by atoms with Crippen molar-refractivity contribution in [1.29, 1.82) is 0 Å². The van der Waals surface area contributed by atoms with Crippen LogP contribution in [0.25, 0.3) is 0 Å². The molecular formula is C13H25N3O2. The van der Waals surface area contributed by atoms with Gasteiger partial charge in [-0.2, -0.15) is 0 Å². The summed E-state index contributed by atoms with van der Waals surface area (Å²) in [6.45, 7) is 7.48. The van der Waals surface area contributed by atoms with Crippen molar-refractivity contribution < 1.29 is 9.47 Å². The number of nitrogens with zero attached hydrogens (tertiary/aromatic N) is 2. The van der Waals surface area contributed by atoms with Crippen LogP contribution in [0.4, 0.5) is 0 Å². The summed E-state index contributed by atoms with van der Waals surface area (Å²) in [6.07, 6.45) is 3.79. The van der Waals surface area contributed by atoms with Crippen LogP contribution >= 0.6 is 0 Å². The molecule has 1 atom stereocenters. The quantitative estimate of drug-likeness (QED) is 0.679. The average molecular weight is 255 g/mol. The number of rotatable bonds is 9.